The van der Waals surface area contributed by atoms with Gasteiger partial charge in [-0.1, -0.05) is 19.9 Å². The van der Waals surface area contributed by atoms with Crippen molar-refractivity contribution in [2.45, 2.75) is 63.6 Å². The van der Waals surface area contributed by atoms with Crippen LogP contribution in [0.5, 0.6) is 0 Å². The van der Waals surface area contributed by atoms with E-state index < -0.39 is 10.0 Å². The second kappa shape index (κ2) is 5.38. The minimum atomic E-state index is -3.40. The van der Waals surface area contributed by atoms with E-state index in [1.54, 1.807) is 6.07 Å². The number of hydrogen-bond donors (Lipinski definition) is 2. The summed E-state index contributed by atoms with van der Waals surface area (Å²) in [5.74, 6) is 0. The number of rotatable bonds is 3. The van der Waals surface area contributed by atoms with Gasteiger partial charge in [0, 0.05) is 19.1 Å². The highest BCUT2D eigenvalue weighted by atomic mass is 32.2. The Hall–Kier alpha value is -0.910. The van der Waals surface area contributed by atoms with Gasteiger partial charge in [0.15, 0.2) is 0 Å². The number of sulfonamides is 1. The fourth-order valence-electron chi connectivity index (χ4n) is 3.24. The third kappa shape index (κ3) is 3.30. The monoisotopic (exact) mass is 308 g/mol. The van der Waals surface area contributed by atoms with Gasteiger partial charge in [0.2, 0.25) is 10.0 Å². The molecule has 1 fully saturated rings. The maximum absolute atomic E-state index is 12.5. The van der Waals surface area contributed by atoms with E-state index in [0.717, 1.165) is 44.3 Å². The van der Waals surface area contributed by atoms with Crippen LogP contribution < -0.4 is 10.0 Å². The van der Waals surface area contributed by atoms with Gasteiger partial charge in [-0.05, 0) is 54.4 Å². The van der Waals surface area contributed by atoms with E-state index >= 15 is 0 Å². The number of hydrogen-bond acceptors (Lipinski definition) is 3. The minimum absolute atomic E-state index is 0.0782. The second-order valence-corrected chi connectivity index (χ2v) is 8.81. The quantitative estimate of drug-likeness (QED) is 0.902. The molecule has 1 aliphatic carbocycles. The zero-order chi connectivity index (χ0) is 15.1. The van der Waals surface area contributed by atoms with E-state index in [-0.39, 0.29) is 6.04 Å². The lowest BCUT2D eigenvalue weighted by molar-refractivity contribution is 0.218. The SMILES string of the molecule is CC1(C)CCC(NS(=O)(=O)c2ccc3c(c2)CNC3)CC1. The number of benzene rings is 1. The Labute approximate surface area is 127 Å². The van der Waals surface area contributed by atoms with E-state index in [4.69, 9.17) is 0 Å². The molecule has 3 rings (SSSR count). The van der Waals surface area contributed by atoms with Gasteiger partial charge in [-0.2, -0.15) is 0 Å². The molecule has 0 spiro atoms. The summed E-state index contributed by atoms with van der Waals surface area (Å²) in [5, 5.41) is 3.24. The summed E-state index contributed by atoms with van der Waals surface area (Å²) in [4.78, 5) is 0.398. The van der Waals surface area contributed by atoms with Gasteiger partial charge >= 0.3 is 0 Å². The van der Waals surface area contributed by atoms with Crippen LogP contribution in [0.1, 0.15) is 50.7 Å². The van der Waals surface area contributed by atoms with Crippen LogP contribution in [0.15, 0.2) is 23.1 Å². The standard InChI is InChI=1S/C16H24N2O2S/c1-16(2)7-5-14(6-8-16)18-21(19,20)15-4-3-12-10-17-11-13(12)9-15/h3-4,9,14,17-18H,5-8,10-11H2,1-2H3. The molecule has 0 saturated heterocycles. The average Bonchev–Trinajstić information content (AvgIpc) is 2.88. The molecule has 116 valence electrons. The van der Waals surface area contributed by atoms with Gasteiger partial charge in [-0.25, -0.2) is 13.1 Å². The lowest BCUT2D eigenvalue weighted by Crippen LogP contribution is -2.39. The van der Waals surface area contributed by atoms with Gasteiger partial charge < -0.3 is 5.32 Å². The Morgan fingerprint density at radius 3 is 2.52 bits per heavy atom. The Morgan fingerprint density at radius 2 is 1.81 bits per heavy atom. The predicted molar refractivity (Wildman–Crippen MR) is 83.3 cm³/mol. The molecular weight excluding hydrogens is 284 g/mol. The highest BCUT2D eigenvalue weighted by molar-refractivity contribution is 7.89. The van der Waals surface area contributed by atoms with E-state index in [0.29, 0.717) is 10.3 Å². The number of fused-ring (bicyclic) bond motifs is 1. The van der Waals surface area contributed by atoms with Crippen molar-refractivity contribution in [3.63, 3.8) is 0 Å². The van der Waals surface area contributed by atoms with Crippen molar-refractivity contribution in [3.8, 4) is 0 Å². The normalized spacial score (nSPS) is 22.2. The third-order valence-corrected chi connectivity index (χ3v) is 6.30. The maximum Gasteiger partial charge on any atom is 0.240 e. The van der Waals surface area contributed by atoms with Crippen LogP contribution in [0.2, 0.25) is 0 Å². The Bertz CT molecular complexity index is 628. The number of nitrogens with one attached hydrogen (secondary N) is 2. The summed E-state index contributed by atoms with van der Waals surface area (Å²) < 4.78 is 28.0. The molecule has 1 aromatic rings. The Kier molecular flexibility index (Phi) is 3.84. The lowest BCUT2D eigenvalue weighted by atomic mass is 9.76. The van der Waals surface area contributed by atoms with Crippen LogP contribution in [-0.2, 0) is 23.1 Å². The molecule has 0 amide bonds. The van der Waals surface area contributed by atoms with Gasteiger partial charge in [-0.15, -0.1) is 0 Å². The van der Waals surface area contributed by atoms with E-state index in [2.05, 4.69) is 23.9 Å². The largest absolute Gasteiger partial charge is 0.309 e. The van der Waals surface area contributed by atoms with Crippen LogP contribution in [0.25, 0.3) is 0 Å². The highest BCUT2D eigenvalue weighted by Gasteiger charge is 2.29. The molecule has 4 nitrogen and oxygen atoms in total. The molecule has 21 heavy (non-hydrogen) atoms. The van der Waals surface area contributed by atoms with Gasteiger partial charge in [0.05, 0.1) is 4.90 Å². The smallest absolute Gasteiger partial charge is 0.240 e. The van der Waals surface area contributed by atoms with Crippen molar-refractivity contribution in [2.24, 2.45) is 5.41 Å². The second-order valence-electron chi connectivity index (χ2n) is 7.09. The first-order valence-corrected chi connectivity index (χ1v) is 9.19. The first-order valence-electron chi connectivity index (χ1n) is 7.71. The van der Waals surface area contributed by atoms with Crippen molar-refractivity contribution in [1.82, 2.24) is 10.0 Å². The fourth-order valence-corrected chi connectivity index (χ4v) is 4.60. The van der Waals surface area contributed by atoms with Crippen LogP contribution in [-0.4, -0.2) is 14.5 Å². The molecule has 5 heteroatoms. The van der Waals surface area contributed by atoms with Gasteiger partial charge in [-0.3, -0.25) is 0 Å². The Morgan fingerprint density at radius 1 is 1.14 bits per heavy atom. The summed E-state index contributed by atoms with van der Waals surface area (Å²) in [5.41, 5.74) is 2.65. The molecule has 2 N–H and O–H groups in total. The molecule has 0 radical (unpaired) electrons. The van der Waals surface area contributed by atoms with Crippen LogP contribution in [0.4, 0.5) is 0 Å². The van der Waals surface area contributed by atoms with Gasteiger partial charge in [0.1, 0.15) is 0 Å². The van der Waals surface area contributed by atoms with Crippen molar-refractivity contribution in [2.75, 3.05) is 0 Å². The molecule has 1 heterocycles. The zero-order valence-electron chi connectivity index (χ0n) is 12.8. The van der Waals surface area contributed by atoms with E-state index in [1.165, 1.54) is 5.56 Å². The predicted octanol–water partition coefficient (Wildman–Crippen LogP) is 2.54. The summed E-state index contributed by atoms with van der Waals surface area (Å²) in [7, 11) is -3.40. The fraction of sp³-hybridized carbons (Fsp3) is 0.625. The summed E-state index contributed by atoms with van der Waals surface area (Å²) in [6, 6.07) is 5.54. The van der Waals surface area contributed by atoms with E-state index in [9.17, 15) is 8.42 Å². The zero-order valence-corrected chi connectivity index (χ0v) is 13.6. The molecule has 0 bridgehead atoms. The molecule has 1 aliphatic heterocycles. The van der Waals surface area contributed by atoms with Crippen molar-refractivity contribution in [1.29, 1.82) is 0 Å². The molecule has 0 atom stereocenters. The lowest BCUT2D eigenvalue weighted by Gasteiger charge is -2.34. The van der Waals surface area contributed by atoms with E-state index in [1.807, 2.05) is 12.1 Å². The first kappa shape index (κ1) is 15.0. The molecule has 2 aliphatic rings. The summed E-state index contributed by atoms with van der Waals surface area (Å²) in [6.07, 6.45) is 4.01. The molecule has 0 aromatic heterocycles. The van der Waals surface area contributed by atoms with Crippen LogP contribution in [0, 0.1) is 5.41 Å². The molecular formula is C16H24N2O2S. The van der Waals surface area contributed by atoms with Crippen molar-refractivity contribution in [3.05, 3.63) is 29.3 Å². The van der Waals surface area contributed by atoms with Gasteiger partial charge in [0.25, 0.3) is 0 Å². The minimum Gasteiger partial charge on any atom is -0.309 e. The highest BCUT2D eigenvalue weighted by Crippen LogP contribution is 2.35. The third-order valence-electron chi connectivity index (χ3n) is 4.78. The van der Waals surface area contributed by atoms with Crippen molar-refractivity contribution < 1.29 is 8.42 Å². The maximum atomic E-state index is 12.5. The average molecular weight is 308 g/mol. The molecule has 1 saturated carbocycles. The van der Waals surface area contributed by atoms with Crippen LogP contribution >= 0.6 is 0 Å². The summed E-state index contributed by atoms with van der Waals surface area (Å²) in [6.45, 7) is 6.10. The molecule has 1 aromatic carbocycles. The topological polar surface area (TPSA) is 58.2 Å². The van der Waals surface area contributed by atoms with Crippen LogP contribution in [0.3, 0.4) is 0 Å². The first-order chi connectivity index (χ1) is 9.86. The van der Waals surface area contributed by atoms with Crippen molar-refractivity contribution >= 4 is 10.0 Å². The Balaban J connectivity index is 1.72. The summed E-state index contributed by atoms with van der Waals surface area (Å²) >= 11 is 0. The molecule has 0 unspecified atom stereocenters.